The summed E-state index contributed by atoms with van der Waals surface area (Å²) < 4.78 is 23.9. The molecule has 0 aliphatic carbocycles. The number of sulfone groups is 1. The molecule has 0 N–H and O–H groups in total. The van der Waals surface area contributed by atoms with Crippen LogP contribution in [-0.2, 0) is 21.1 Å². The van der Waals surface area contributed by atoms with Crippen LogP contribution < -0.4 is 0 Å². The van der Waals surface area contributed by atoms with Crippen molar-refractivity contribution in [1.29, 1.82) is 0 Å². The molecule has 0 saturated carbocycles. The minimum Gasteiger partial charge on any atom is -0.273 e. The van der Waals surface area contributed by atoms with Crippen LogP contribution in [0.25, 0.3) is 0 Å². The third-order valence-corrected chi connectivity index (χ3v) is 5.30. The van der Waals surface area contributed by atoms with Crippen molar-refractivity contribution in [3.05, 3.63) is 59.9 Å². The molecule has 1 aromatic carbocycles. The second-order valence-electron chi connectivity index (χ2n) is 6.11. The maximum Gasteiger partial charge on any atom is 0.273 e. The fourth-order valence-electron chi connectivity index (χ4n) is 2.96. The SMILES string of the molecule is CS(=O)(=O)c1ccccc1C(=O)N1CCCN1C(=O)Cc1cccnc1. The molecule has 2 aromatic rings. The Morgan fingerprint density at radius 2 is 1.81 bits per heavy atom. The van der Waals surface area contributed by atoms with Crippen molar-refractivity contribution in [1.82, 2.24) is 15.0 Å². The van der Waals surface area contributed by atoms with Crippen molar-refractivity contribution in [3.63, 3.8) is 0 Å². The van der Waals surface area contributed by atoms with E-state index in [4.69, 9.17) is 0 Å². The van der Waals surface area contributed by atoms with Crippen molar-refractivity contribution in [2.45, 2.75) is 17.7 Å². The van der Waals surface area contributed by atoms with Gasteiger partial charge in [-0.3, -0.25) is 19.6 Å². The van der Waals surface area contributed by atoms with E-state index in [9.17, 15) is 18.0 Å². The van der Waals surface area contributed by atoms with Crippen LogP contribution >= 0.6 is 0 Å². The minimum absolute atomic E-state index is 0.0310. The van der Waals surface area contributed by atoms with E-state index in [1.165, 1.54) is 22.2 Å². The number of pyridine rings is 1. The zero-order valence-corrected chi connectivity index (χ0v) is 15.1. The van der Waals surface area contributed by atoms with E-state index in [2.05, 4.69) is 4.98 Å². The van der Waals surface area contributed by atoms with Crippen LogP contribution in [0.15, 0.2) is 53.7 Å². The summed E-state index contributed by atoms with van der Waals surface area (Å²) in [6.45, 7) is 0.793. The molecule has 1 aliphatic rings. The number of hydrogen-bond acceptors (Lipinski definition) is 5. The van der Waals surface area contributed by atoms with Crippen LogP contribution in [0.5, 0.6) is 0 Å². The maximum absolute atomic E-state index is 12.9. The third-order valence-electron chi connectivity index (χ3n) is 4.15. The Morgan fingerprint density at radius 3 is 2.50 bits per heavy atom. The average Bonchev–Trinajstić information content (AvgIpc) is 3.11. The molecule has 0 atom stereocenters. The molecule has 0 spiro atoms. The lowest BCUT2D eigenvalue weighted by Gasteiger charge is -2.28. The Balaban J connectivity index is 1.85. The van der Waals surface area contributed by atoms with E-state index in [-0.39, 0.29) is 22.8 Å². The zero-order valence-electron chi connectivity index (χ0n) is 14.3. The summed E-state index contributed by atoms with van der Waals surface area (Å²) in [6.07, 6.45) is 5.08. The second kappa shape index (κ2) is 7.25. The highest BCUT2D eigenvalue weighted by Gasteiger charge is 2.33. The Bertz CT molecular complexity index is 928. The van der Waals surface area contributed by atoms with Crippen LogP contribution in [0.4, 0.5) is 0 Å². The van der Waals surface area contributed by atoms with Crippen LogP contribution in [0, 0.1) is 0 Å². The van der Waals surface area contributed by atoms with Crippen LogP contribution in [0.2, 0.25) is 0 Å². The Hall–Kier alpha value is -2.74. The number of amides is 2. The quantitative estimate of drug-likeness (QED) is 0.807. The van der Waals surface area contributed by atoms with E-state index in [0.717, 1.165) is 11.8 Å². The minimum atomic E-state index is -3.55. The molecule has 2 amide bonds. The van der Waals surface area contributed by atoms with Crippen molar-refractivity contribution in [3.8, 4) is 0 Å². The van der Waals surface area contributed by atoms with Crippen molar-refractivity contribution < 1.29 is 18.0 Å². The lowest BCUT2D eigenvalue weighted by atomic mass is 10.2. The number of benzene rings is 1. The number of hydrogen-bond donors (Lipinski definition) is 0. The van der Waals surface area contributed by atoms with Gasteiger partial charge in [-0.2, -0.15) is 0 Å². The van der Waals surface area contributed by atoms with Gasteiger partial charge in [0.25, 0.3) is 5.91 Å². The summed E-state index contributed by atoms with van der Waals surface area (Å²) in [4.78, 5) is 29.5. The first-order valence-corrected chi connectivity index (χ1v) is 10.1. The van der Waals surface area contributed by atoms with Crippen molar-refractivity contribution in [2.75, 3.05) is 19.3 Å². The molecule has 0 radical (unpaired) electrons. The topological polar surface area (TPSA) is 87.7 Å². The van der Waals surface area contributed by atoms with Gasteiger partial charge < -0.3 is 0 Å². The molecule has 8 heteroatoms. The van der Waals surface area contributed by atoms with Crippen molar-refractivity contribution >= 4 is 21.7 Å². The average molecular weight is 373 g/mol. The molecule has 1 saturated heterocycles. The van der Waals surface area contributed by atoms with E-state index >= 15 is 0 Å². The molecule has 7 nitrogen and oxygen atoms in total. The Kier molecular flexibility index (Phi) is 5.03. The Morgan fingerprint density at radius 1 is 1.08 bits per heavy atom. The summed E-state index contributed by atoms with van der Waals surface area (Å²) >= 11 is 0. The van der Waals surface area contributed by atoms with Gasteiger partial charge in [-0.25, -0.2) is 13.4 Å². The van der Waals surface area contributed by atoms with E-state index in [1.54, 1.807) is 36.7 Å². The first-order chi connectivity index (χ1) is 12.4. The molecule has 1 aromatic heterocycles. The molecule has 3 rings (SSSR count). The standard InChI is InChI=1S/C18H19N3O4S/c1-26(24,25)16-8-3-2-7-15(16)18(23)21-11-5-10-20(21)17(22)12-14-6-4-9-19-13-14/h2-4,6-9,13H,5,10-12H2,1H3. The lowest BCUT2D eigenvalue weighted by Crippen LogP contribution is -2.45. The normalized spacial score (nSPS) is 14.5. The zero-order chi connectivity index (χ0) is 18.7. The highest BCUT2D eigenvalue weighted by atomic mass is 32.2. The van der Waals surface area contributed by atoms with E-state index < -0.39 is 15.7 Å². The van der Waals surface area contributed by atoms with Gasteiger partial charge >= 0.3 is 0 Å². The van der Waals surface area contributed by atoms with Gasteiger partial charge in [0.05, 0.1) is 16.9 Å². The number of carbonyl (C=O) groups is 2. The fraction of sp³-hybridized carbons (Fsp3) is 0.278. The van der Waals surface area contributed by atoms with Gasteiger partial charge in [0, 0.05) is 31.7 Å². The third kappa shape index (κ3) is 3.75. The van der Waals surface area contributed by atoms with Gasteiger partial charge in [-0.15, -0.1) is 0 Å². The highest BCUT2D eigenvalue weighted by molar-refractivity contribution is 7.90. The summed E-state index contributed by atoms with van der Waals surface area (Å²) in [5.74, 6) is -0.705. The highest BCUT2D eigenvalue weighted by Crippen LogP contribution is 2.21. The van der Waals surface area contributed by atoms with Gasteiger partial charge in [0.1, 0.15) is 0 Å². The van der Waals surface area contributed by atoms with Crippen LogP contribution in [-0.4, -0.2) is 54.6 Å². The number of carbonyl (C=O) groups excluding carboxylic acids is 2. The first kappa shape index (κ1) is 18.1. The van der Waals surface area contributed by atoms with Gasteiger partial charge in [-0.1, -0.05) is 18.2 Å². The molecule has 2 heterocycles. The number of hydrazine groups is 1. The van der Waals surface area contributed by atoms with Crippen LogP contribution in [0.3, 0.4) is 0 Å². The number of aromatic nitrogens is 1. The van der Waals surface area contributed by atoms with Gasteiger partial charge in [0.15, 0.2) is 9.84 Å². The summed E-state index contributed by atoms with van der Waals surface area (Å²) in [6, 6.07) is 9.60. The molecule has 0 unspecified atom stereocenters. The second-order valence-corrected chi connectivity index (χ2v) is 8.09. The monoisotopic (exact) mass is 373 g/mol. The van der Waals surface area contributed by atoms with E-state index in [0.29, 0.717) is 19.5 Å². The van der Waals surface area contributed by atoms with Gasteiger partial charge in [-0.05, 0) is 30.2 Å². The number of nitrogens with zero attached hydrogens (tertiary/aromatic N) is 3. The molecule has 0 bridgehead atoms. The predicted molar refractivity (Wildman–Crippen MR) is 94.9 cm³/mol. The van der Waals surface area contributed by atoms with Gasteiger partial charge in [0.2, 0.25) is 5.91 Å². The first-order valence-electron chi connectivity index (χ1n) is 8.18. The van der Waals surface area contributed by atoms with E-state index in [1.807, 2.05) is 0 Å². The molecule has 26 heavy (non-hydrogen) atoms. The molecule has 1 fully saturated rings. The molecule has 1 aliphatic heterocycles. The fourth-order valence-corrected chi connectivity index (χ4v) is 3.84. The molecule has 136 valence electrons. The summed E-state index contributed by atoms with van der Waals surface area (Å²) in [5.41, 5.74) is 0.837. The Labute approximate surface area is 152 Å². The largest absolute Gasteiger partial charge is 0.273 e. The molecular weight excluding hydrogens is 354 g/mol. The number of rotatable bonds is 4. The van der Waals surface area contributed by atoms with Crippen LogP contribution in [0.1, 0.15) is 22.3 Å². The molecular formula is C18H19N3O4S. The van der Waals surface area contributed by atoms with Crippen molar-refractivity contribution in [2.24, 2.45) is 0 Å². The summed E-state index contributed by atoms with van der Waals surface area (Å²) in [5, 5.41) is 2.73. The summed E-state index contributed by atoms with van der Waals surface area (Å²) in [7, 11) is -3.55. The lowest BCUT2D eigenvalue weighted by molar-refractivity contribution is -0.139. The predicted octanol–water partition coefficient (Wildman–Crippen LogP) is 1.32. The maximum atomic E-state index is 12.9. The smallest absolute Gasteiger partial charge is 0.273 e.